The van der Waals surface area contributed by atoms with E-state index in [1.165, 1.54) is 5.56 Å². The van der Waals surface area contributed by atoms with E-state index < -0.39 is 0 Å². The van der Waals surface area contributed by atoms with Crippen LogP contribution in [-0.4, -0.2) is 42.6 Å². The van der Waals surface area contributed by atoms with Crippen LogP contribution in [0.25, 0.3) is 0 Å². The average Bonchev–Trinajstić information content (AvgIpc) is 3.22. The summed E-state index contributed by atoms with van der Waals surface area (Å²) in [4.78, 5) is 15.0. The first-order valence-electron chi connectivity index (χ1n) is 9.61. The minimum absolute atomic E-state index is 0.0244. The van der Waals surface area contributed by atoms with Gasteiger partial charge in [-0.3, -0.25) is 4.79 Å². The summed E-state index contributed by atoms with van der Waals surface area (Å²) in [5.74, 6) is 0.786. The van der Waals surface area contributed by atoms with Gasteiger partial charge in [-0.15, -0.1) is 0 Å². The Labute approximate surface area is 162 Å². The van der Waals surface area contributed by atoms with E-state index in [0.29, 0.717) is 12.5 Å². The number of nitrogens with one attached hydrogen (secondary N) is 1. The van der Waals surface area contributed by atoms with Gasteiger partial charge in [0.2, 0.25) is 5.91 Å². The van der Waals surface area contributed by atoms with Gasteiger partial charge in [-0.1, -0.05) is 56.3 Å². The molecule has 1 aliphatic carbocycles. The molecule has 0 bridgehead atoms. The summed E-state index contributed by atoms with van der Waals surface area (Å²) in [6, 6.07) is 17.8. The number of carbonyl (C=O) groups is 1. The van der Waals surface area contributed by atoms with Crippen molar-refractivity contribution in [3.63, 3.8) is 0 Å². The van der Waals surface area contributed by atoms with Gasteiger partial charge >= 0.3 is 0 Å². The van der Waals surface area contributed by atoms with Gasteiger partial charge in [0.25, 0.3) is 0 Å². The SMILES string of the molecule is C[C@H]1[C@@H](C(=O)NC[C@H](Cc2ccc(O)cc2)N(C)C)[C@@]1(C)c1ccccc1. The number of benzene rings is 2. The number of amides is 1. The number of phenolic OH excluding ortho intramolecular Hbond substituents is 1. The zero-order valence-corrected chi connectivity index (χ0v) is 16.6. The molecule has 1 aliphatic rings. The zero-order chi connectivity index (χ0) is 19.6. The van der Waals surface area contributed by atoms with E-state index in [-0.39, 0.29) is 29.0 Å². The van der Waals surface area contributed by atoms with E-state index in [4.69, 9.17) is 0 Å². The first kappa shape index (κ1) is 19.4. The van der Waals surface area contributed by atoms with Crippen LogP contribution < -0.4 is 5.32 Å². The van der Waals surface area contributed by atoms with E-state index in [1.807, 2.05) is 44.4 Å². The van der Waals surface area contributed by atoms with E-state index in [9.17, 15) is 9.90 Å². The number of hydrogen-bond donors (Lipinski definition) is 2. The first-order valence-corrected chi connectivity index (χ1v) is 9.61. The van der Waals surface area contributed by atoms with E-state index in [1.54, 1.807) is 12.1 Å². The highest BCUT2D eigenvalue weighted by atomic mass is 16.3. The van der Waals surface area contributed by atoms with E-state index >= 15 is 0 Å². The van der Waals surface area contributed by atoms with Gasteiger partial charge < -0.3 is 15.3 Å². The van der Waals surface area contributed by atoms with Gasteiger partial charge in [0.1, 0.15) is 5.75 Å². The molecule has 27 heavy (non-hydrogen) atoms. The molecular formula is C23H30N2O2. The third-order valence-corrected chi connectivity index (χ3v) is 6.31. The van der Waals surface area contributed by atoms with Crippen LogP contribution >= 0.6 is 0 Å². The normalized spacial score (nSPS) is 25.2. The Bertz CT molecular complexity index is 773. The minimum atomic E-state index is -0.0735. The summed E-state index contributed by atoms with van der Waals surface area (Å²) in [5.41, 5.74) is 2.32. The van der Waals surface area contributed by atoms with Crippen molar-refractivity contribution in [1.82, 2.24) is 10.2 Å². The van der Waals surface area contributed by atoms with Gasteiger partial charge in [-0.2, -0.15) is 0 Å². The van der Waals surface area contributed by atoms with Crippen molar-refractivity contribution in [1.29, 1.82) is 0 Å². The van der Waals surface area contributed by atoms with Crippen LogP contribution in [0.1, 0.15) is 25.0 Å². The van der Waals surface area contributed by atoms with Crippen molar-refractivity contribution in [3.8, 4) is 5.75 Å². The topological polar surface area (TPSA) is 52.6 Å². The average molecular weight is 367 g/mol. The fourth-order valence-corrected chi connectivity index (χ4v) is 4.14. The molecular weight excluding hydrogens is 336 g/mol. The molecule has 0 aliphatic heterocycles. The molecule has 144 valence electrons. The fourth-order valence-electron chi connectivity index (χ4n) is 4.14. The summed E-state index contributed by atoms with van der Waals surface area (Å²) in [6.07, 6.45) is 0.823. The van der Waals surface area contributed by atoms with Crippen molar-refractivity contribution in [3.05, 3.63) is 65.7 Å². The molecule has 0 saturated heterocycles. The Morgan fingerprint density at radius 2 is 1.78 bits per heavy atom. The Morgan fingerprint density at radius 1 is 1.15 bits per heavy atom. The van der Waals surface area contributed by atoms with Crippen molar-refractivity contribution < 1.29 is 9.90 Å². The maximum absolute atomic E-state index is 12.9. The quantitative estimate of drug-likeness (QED) is 0.791. The van der Waals surface area contributed by atoms with Gasteiger partial charge in [0, 0.05) is 18.0 Å². The van der Waals surface area contributed by atoms with Crippen molar-refractivity contribution in [2.24, 2.45) is 11.8 Å². The van der Waals surface area contributed by atoms with Gasteiger partial charge in [0.15, 0.2) is 0 Å². The fraction of sp³-hybridized carbons (Fsp3) is 0.435. The molecule has 0 aromatic heterocycles. The summed E-state index contributed by atoms with van der Waals surface area (Å²) in [7, 11) is 4.07. The van der Waals surface area contributed by atoms with Gasteiger partial charge in [-0.05, 0) is 49.7 Å². The highest BCUT2D eigenvalue weighted by Crippen LogP contribution is 2.59. The highest BCUT2D eigenvalue weighted by molar-refractivity contribution is 5.85. The van der Waals surface area contributed by atoms with Crippen LogP contribution in [0.5, 0.6) is 5.75 Å². The second kappa shape index (κ2) is 7.73. The molecule has 0 radical (unpaired) electrons. The number of nitrogens with zero attached hydrogens (tertiary/aromatic N) is 1. The van der Waals surface area contributed by atoms with Crippen LogP contribution in [0.15, 0.2) is 54.6 Å². The van der Waals surface area contributed by atoms with E-state index in [2.05, 4.69) is 36.2 Å². The van der Waals surface area contributed by atoms with Crippen LogP contribution in [-0.2, 0) is 16.6 Å². The maximum Gasteiger partial charge on any atom is 0.224 e. The lowest BCUT2D eigenvalue weighted by atomic mass is 9.94. The van der Waals surface area contributed by atoms with Crippen molar-refractivity contribution in [2.45, 2.75) is 31.7 Å². The molecule has 2 aromatic carbocycles. The van der Waals surface area contributed by atoms with Crippen molar-refractivity contribution >= 4 is 5.91 Å². The largest absolute Gasteiger partial charge is 0.508 e. The highest BCUT2D eigenvalue weighted by Gasteiger charge is 2.62. The Balaban J connectivity index is 1.61. The Hall–Kier alpha value is -2.33. The first-order chi connectivity index (χ1) is 12.8. The van der Waals surface area contributed by atoms with Crippen LogP contribution in [0.2, 0.25) is 0 Å². The molecule has 2 aromatic rings. The second-order valence-corrected chi connectivity index (χ2v) is 8.15. The predicted octanol–water partition coefficient (Wildman–Crippen LogP) is 3.20. The monoisotopic (exact) mass is 366 g/mol. The van der Waals surface area contributed by atoms with Gasteiger partial charge in [0.05, 0.1) is 5.92 Å². The summed E-state index contributed by atoms with van der Waals surface area (Å²) >= 11 is 0. The Morgan fingerprint density at radius 3 is 2.37 bits per heavy atom. The van der Waals surface area contributed by atoms with Gasteiger partial charge in [-0.25, -0.2) is 0 Å². The third kappa shape index (κ3) is 4.01. The minimum Gasteiger partial charge on any atom is -0.508 e. The van der Waals surface area contributed by atoms with Crippen LogP contribution in [0.3, 0.4) is 0 Å². The molecule has 0 heterocycles. The number of aromatic hydroxyl groups is 1. The summed E-state index contributed by atoms with van der Waals surface area (Å²) in [5, 5.41) is 12.6. The number of rotatable bonds is 7. The molecule has 1 fully saturated rings. The standard InChI is InChI=1S/C23H30N2O2/c1-16-21(23(16,2)18-8-6-5-7-9-18)22(27)24-15-19(25(3)4)14-17-10-12-20(26)13-11-17/h5-13,16,19,21,26H,14-15H2,1-4H3,(H,24,27)/t16-,19-,21-,23+/m0/s1. The lowest BCUT2D eigenvalue weighted by Crippen LogP contribution is -2.42. The molecule has 2 N–H and O–H groups in total. The molecule has 1 amide bonds. The van der Waals surface area contributed by atoms with Crippen LogP contribution in [0, 0.1) is 11.8 Å². The lowest BCUT2D eigenvalue weighted by Gasteiger charge is -2.25. The number of hydrogen-bond acceptors (Lipinski definition) is 3. The molecule has 3 rings (SSSR count). The molecule has 1 saturated carbocycles. The molecule has 4 heteroatoms. The Kier molecular flexibility index (Phi) is 5.56. The molecule has 0 spiro atoms. The van der Waals surface area contributed by atoms with Crippen LogP contribution in [0.4, 0.5) is 0 Å². The lowest BCUT2D eigenvalue weighted by molar-refractivity contribution is -0.123. The molecule has 0 unspecified atom stereocenters. The van der Waals surface area contributed by atoms with E-state index in [0.717, 1.165) is 12.0 Å². The third-order valence-electron chi connectivity index (χ3n) is 6.31. The van der Waals surface area contributed by atoms with Crippen molar-refractivity contribution in [2.75, 3.05) is 20.6 Å². The predicted molar refractivity (Wildman–Crippen MR) is 109 cm³/mol. The zero-order valence-electron chi connectivity index (χ0n) is 16.6. The second-order valence-electron chi connectivity index (χ2n) is 8.15. The number of carbonyl (C=O) groups excluding carboxylic acids is 1. The number of phenols is 1. The molecule has 4 atom stereocenters. The smallest absolute Gasteiger partial charge is 0.224 e. The summed E-state index contributed by atoms with van der Waals surface area (Å²) < 4.78 is 0. The molecule has 4 nitrogen and oxygen atoms in total. The summed E-state index contributed by atoms with van der Waals surface area (Å²) in [6.45, 7) is 4.97. The maximum atomic E-state index is 12.9. The number of likely N-dealkylation sites (N-methyl/N-ethyl adjacent to an activating group) is 1.